The number of nitrogens with zero attached hydrogens (tertiary/aromatic N) is 2. The summed E-state index contributed by atoms with van der Waals surface area (Å²) in [7, 11) is 1.98. The number of aromatic nitrogens is 2. The summed E-state index contributed by atoms with van der Waals surface area (Å²) in [6, 6.07) is 6.58. The van der Waals surface area contributed by atoms with Crippen LogP contribution in [0.5, 0.6) is 0 Å². The Kier molecular flexibility index (Phi) is 5.47. The molecule has 1 unspecified atom stereocenters. The summed E-state index contributed by atoms with van der Waals surface area (Å²) in [4.78, 5) is 0. The predicted octanol–water partition coefficient (Wildman–Crippen LogP) is 4.44. The Balaban J connectivity index is 2.38. The third-order valence-electron chi connectivity index (χ3n) is 3.82. The molecule has 2 rings (SSSR count). The summed E-state index contributed by atoms with van der Waals surface area (Å²) in [6.45, 7) is 7.01. The van der Waals surface area contributed by atoms with Crippen LogP contribution in [-0.4, -0.2) is 16.8 Å². The molecule has 2 aromatic rings. The van der Waals surface area contributed by atoms with E-state index in [9.17, 15) is 0 Å². The molecule has 0 amide bonds. The first-order valence-corrected chi connectivity index (χ1v) is 8.30. The van der Waals surface area contributed by atoms with Gasteiger partial charge in [-0.15, -0.1) is 0 Å². The second-order valence-electron chi connectivity index (χ2n) is 5.21. The van der Waals surface area contributed by atoms with E-state index in [0.717, 1.165) is 33.8 Å². The zero-order valence-electron chi connectivity index (χ0n) is 12.9. The lowest BCUT2D eigenvalue weighted by Crippen LogP contribution is -2.21. The molecule has 0 bridgehead atoms. The highest BCUT2D eigenvalue weighted by Gasteiger charge is 2.19. The first-order chi connectivity index (χ1) is 9.97. The molecule has 0 fully saturated rings. The van der Waals surface area contributed by atoms with Gasteiger partial charge in [0.25, 0.3) is 0 Å². The van der Waals surface area contributed by atoms with Crippen LogP contribution in [0, 0.1) is 13.8 Å². The molecule has 1 aromatic carbocycles. The van der Waals surface area contributed by atoms with Crippen LogP contribution in [0.4, 0.5) is 0 Å². The fourth-order valence-corrected chi connectivity index (χ4v) is 3.20. The number of nitrogens with one attached hydrogen (secondary N) is 1. The smallest absolute Gasteiger partial charge is 0.0847 e. The minimum atomic E-state index is 0.210. The molecule has 0 aliphatic heterocycles. The quantitative estimate of drug-likeness (QED) is 0.843. The largest absolute Gasteiger partial charge is 0.313 e. The van der Waals surface area contributed by atoms with E-state index in [1.165, 1.54) is 11.1 Å². The summed E-state index contributed by atoms with van der Waals surface area (Å²) < 4.78 is 3.09. The van der Waals surface area contributed by atoms with Gasteiger partial charge in [-0.3, -0.25) is 4.68 Å². The lowest BCUT2D eigenvalue weighted by molar-refractivity contribution is 0.539. The van der Waals surface area contributed by atoms with Crippen LogP contribution in [0.3, 0.4) is 0 Å². The van der Waals surface area contributed by atoms with Gasteiger partial charge < -0.3 is 5.32 Å². The highest BCUT2D eigenvalue weighted by molar-refractivity contribution is 9.10. The van der Waals surface area contributed by atoms with Gasteiger partial charge in [-0.1, -0.05) is 33.6 Å². The van der Waals surface area contributed by atoms with E-state index in [1.54, 1.807) is 0 Å². The fourth-order valence-electron chi connectivity index (χ4n) is 2.61. The van der Waals surface area contributed by atoms with Crippen molar-refractivity contribution < 1.29 is 0 Å². The van der Waals surface area contributed by atoms with Crippen LogP contribution < -0.4 is 5.32 Å². The molecule has 1 heterocycles. The maximum atomic E-state index is 6.43. The summed E-state index contributed by atoms with van der Waals surface area (Å²) in [5, 5.41) is 8.68. The van der Waals surface area contributed by atoms with Gasteiger partial charge in [0.2, 0.25) is 0 Å². The lowest BCUT2D eigenvalue weighted by atomic mass is 9.97. The monoisotopic (exact) mass is 369 g/mol. The molecular formula is C16H21BrClN3. The van der Waals surface area contributed by atoms with Crippen molar-refractivity contribution >= 4 is 27.5 Å². The van der Waals surface area contributed by atoms with Gasteiger partial charge in [0.15, 0.2) is 0 Å². The van der Waals surface area contributed by atoms with E-state index < -0.39 is 0 Å². The number of rotatable bonds is 5. The summed E-state index contributed by atoms with van der Waals surface area (Å²) in [5.41, 5.74) is 4.54. The van der Waals surface area contributed by atoms with E-state index in [-0.39, 0.29) is 6.04 Å². The van der Waals surface area contributed by atoms with Crippen molar-refractivity contribution in [2.75, 3.05) is 7.05 Å². The first kappa shape index (κ1) is 16.5. The van der Waals surface area contributed by atoms with Gasteiger partial charge in [0.05, 0.1) is 16.4 Å². The normalized spacial score (nSPS) is 12.7. The Morgan fingerprint density at radius 2 is 2.10 bits per heavy atom. The van der Waals surface area contributed by atoms with E-state index in [1.807, 2.05) is 18.7 Å². The van der Waals surface area contributed by atoms with Crippen molar-refractivity contribution in [2.45, 2.75) is 39.8 Å². The summed E-state index contributed by atoms with van der Waals surface area (Å²) >= 11 is 9.99. The molecule has 21 heavy (non-hydrogen) atoms. The number of aryl methyl sites for hydroxylation is 3. The van der Waals surface area contributed by atoms with Crippen LogP contribution in [0.2, 0.25) is 5.02 Å². The Bertz CT molecular complexity index is 637. The molecule has 5 heteroatoms. The number of likely N-dealkylation sites (N-methyl/N-ethyl adjacent to an activating group) is 1. The van der Waals surface area contributed by atoms with Gasteiger partial charge in [-0.05, 0) is 51.1 Å². The Labute approximate surface area is 139 Å². The predicted molar refractivity (Wildman–Crippen MR) is 92.0 cm³/mol. The zero-order chi connectivity index (χ0) is 15.6. The Morgan fingerprint density at radius 3 is 2.71 bits per heavy atom. The molecule has 1 atom stereocenters. The molecule has 0 aliphatic carbocycles. The molecule has 0 saturated heterocycles. The number of hydrogen-bond acceptors (Lipinski definition) is 2. The van der Waals surface area contributed by atoms with Crippen LogP contribution in [0.1, 0.15) is 35.5 Å². The van der Waals surface area contributed by atoms with Crippen molar-refractivity contribution in [3.05, 3.63) is 50.2 Å². The van der Waals surface area contributed by atoms with Crippen LogP contribution in [0.25, 0.3) is 0 Å². The summed E-state index contributed by atoms with van der Waals surface area (Å²) in [6.07, 6.45) is 0.821. The van der Waals surface area contributed by atoms with E-state index >= 15 is 0 Å². The van der Waals surface area contributed by atoms with E-state index in [2.05, 4.69) is 58.4 Å². The lowest BCUT2D eigenvalue weighted by Gasteiger charge is -2.20. The van der Waals surface area contributed by atoms with Crippen LogP contribution >= 0.6 is 27.5 Å². The van der Waals surface area contributed by atoms with Crippen molar-refractivity contribution in [1.29, 1.82) is 0 Å². The van der Waals surface area contributed by atoms with Gasteiger partial charge in [0.1, 0.15) is 0 Å². The molecule has 3 nitrogen and oxygen atoms in total. The molecular weight excluding hydrogens is 350 g/mol. The second-order valence-corrected chi connectivity index (χ2v) is 6.50. The SMILES string of the molecule is CCn1nc(C)c(Cl)c1CC(NC)c1cc(Br)ccc1C. The molecule has 1 aromatic heterocycles. The second kappa shape index (κ2) is 6.95. The van der Waals surface area contributed by atoms with Crippen molar-refractivity contribution in [1.82, 2.24) is 15.1 Å². The molecule has 1 N–H and O–H groups in total. The first-order valence-electron chi connectivity index (χ1n) is 7.13. The van der Waals surface area contributed by atoms with E-state index in [4.69, 9.17) is 11.6 Å². The van der Waals surface area contributed by atoms with Gasteiger partial charge in [-0.25, -0.2) is 0 Å². The molecule has 114 valence electrons. The third-order valence-corrected chi connectivity index (χ3v) is 4.80. The molecule has 0 saturated carbocycles. The molecule has 0 spiro atoms. The van der Waals surface area contributed by atoms with Crippen LogP contribution in [0.15, 0.2) is 22.7 Å². The molecule has 0 aliphatic rings. The van der Waals surface area contributed by atoms with Gasteiger partial charge in [-0.2, -0.15) is 5.10 Å². The average molecular weight is 371 g/mol. The number of benzene rings is 1. The van der Waals surface area contributed by atoms with Crippen LogP contribution in [-0.2, 0) is 13.0 Å². The van der Waals surface area contributed by atoms with Crippen molar-refractivity contribution in [2.24, 2.45) is 0 Å². The third kappa shape index (κ3) is 3.50. The topological polar surface area (TPSA) is 29.9 Å². The summed E-state index contributed by atoms with van der Waals surface area (Å²) in [5.74, 6) is 0. The zero-order valence-corrected chi connectivity index (χ0v) is 15.2. The maximum absolute atomic E-state index is 6.43. The standard InChI is InChI=1S/C16H21BrClN3/c1-5-21-15(16(18)11(3)20-21)9-14(19-4)13-8-12(17)7-6-10(13)2/h6-8,14,19H,5,9H2,1-4H3. The fraction of sp³-hybridized carbons (Fsp3) is 0.438. The number of hydrogen-bond donors (Lipinski definition) is 1. The van der Waals surface area contributed by atoms with Gasteiger partial charge >= 0.3 is 0 Å². The highest BCUT2D eigenvalue weighted by Crippen LogP contribution is 2.29. The van der Waals surface area contributed by atoms with Gasteiger partial charge in [0, 0.05) is 23.5 Å². The minimum Gasteiger partial charge on any atom is -0.313 e. The van der Waals surface area contributed by atoms with Crippen molar-refractivity contribution in [3.63, 3.8) is 0 Å². The highest BCUT2D eigenvalue weighted by atomic mass is 79.9. The molecule has 0 radical (unpaired) electrons. The maximum Gasteiger partial charge on any atom is 0.0847 e. The van der Waals surface area contributed by atoms with E-state index in [0.29, 0.717) is 0 Å². The average Bonchev–Trinajstić information content (AvgIpc) is 2.74. The number of halogens is 2. The Morgan fingerprint density at radius 1 is 1.38 bits per heavy atom. The van der Waals surface area contributed by atoms with Crippen molar-refractivity contribution in [3.8, 4) is 0 Å². The Hall–Kier alpha value is -0.840. The minimum absolute atomic E-state index is 0.210.